The third-order valence-corrected chi connectivity index (χ3v) is 7.19. The number of thioether (sulfide) groups is 1. The maximum Gasteiger partial charge on any atom is 0.253 e. The minimum atomic E-state index is 0.134. The molecule has 0 bridgehead atoms. The number of amides is 1. The van der Waals surface area contributed by atoms with E-state index in [1.54, 1.807) is 11.8 Å². The van der Waals surface area contributed by atoms with E-state index in [1.165, 1.54) is 32.1 Å². The normalized spacial score (nSPS) is 17.3. The average molecular weight is 445 g/mol. The first-order valence-electron chi connectivity index (χ1n) is 10.9. The molecule has 0 atom stereocenters. The van der Waals surface area contributed by atoms with Gasteiger partial charge in [-0.25, -0.2) is 9.97 Å². The predicted octanol–water partition coefficient (Wildman–Crippen LogP) is 5.43. The van der Waals surface area contributed by atoms with Crippen LogP contribution in [-0.2, 0) is 5.75 Å². The van der Waals surface area contributed by atoms with Crippen molar-refractivity contribution in [3.8, 4) is 0 Å². The number of halogens is 1. The van der Waals surface area contributed by atoms with E-state index in [0.29, 0.717) is 22.1 Å². The molecule has 2 heterocycles. The van der Waals surface area contributed by atoms with E-state index in [9.17, 15) is 4.79 Å². The van der Waals surface area contributed by atoms with Crippen molar-refractivity contribution in [3.05, 3.63) is 46.6 Å². The molecule has 0 spiro atoms. The fourth-order valence-corrected chi connectivity index (χ4v) is 5.35. The van der Waals surface area contributed by atoms with Crippen LogP contribution in [0.15, 0.2) is 35.5 Å². The lowest BCUT2D eigenvalue weighted by atomic mass is 9.94. The van der Waals surface area contributed by atoms with Crippen LogP contribution in [0.1, 0.15) is 60.9 Å². The molecule has 1 aromatic carbocycles. The molecule has 0 radical (unpaired) electrons. The molecular weight excluding hydrogens is 416 g/mol. The topological polar surface area (TPSA) is 49.3 Å². The summed E-state index contributed by atoms with van der Waals surface area (Å²) < 4.78 is 0. The predicted molar refractivity (Wildman–Crippen MR) is 123 cm³/mol. The number of nitrogens with zero attached hydrogens (tertiary/aromatic N) is 4. The second kappa shape index (κ2) is 10.0. The van der Waals surface area contributed by atoms with Crippen LogP contribution >= 0.6 is 23.4 Å². The lowest BCUT2D eigenvalue weighted by molar-refractivity contribution is 0.0792. The first-order valence-corrected chi connectivity index (χ1v) is 12.2. The molecule has 30 heavy (non-hydrogen) atoms. The SMILES string of the molecule is CN(c1cc(Cl)nc(SCc2cccc(C(=O)N3CCCC3)c2)n1)C1CCCCC1. The minimum Gasteiger partial charge on any atom is -0.357 e. The first kappa shape index (κ1) is 21.4. The number of hydrogen-bond acceptors (Lipinski definition) is 5. The molecule has 5 nitrogen and oxygen atoms in total. The van der Waals surface area contributed by atoms with Crippen LogP contribution in [0, 0.1) is 0 Å². The molecule has 2 fully saturated rings. The minimum absolute atomic E-state index is 0.134. The summed E-state index contributed by atoms with van der Waals surface area (Å²) in [6.45, 7) is 1.73. The van der Waals surface area contributed by atoms with Gasteiger partial charge in [-0.15, -0.1) is 0 Å². The van der Waals surface area contributed by atoms with Crippen molar-refractivity contribution >= 4 is 35.1 Å². The summed E-state index contributed by atoms with van der Waals surface area (Å²) in [5.74, 6) is 1.73. The van der Waals surface area contributed by atoms with Gasteiger partial charge in [0, 0.05) is 43.6 Å². The summed E-state index contributed by atoms with van der Waals surface area (Å²) in [6, 6.07) is 10.3. The van der Waals surface area contributed by atoms with Gasteiger partial charge in [-0.1, -0.05) is 54.8 Å². The van der Waals surface area contributed by atoms with E-state index < -0.39 is 0 Å². The van der Waals surface area contributed by atoms with Gasteiger partial charge in [0.05, 0.1) is 0 Å². The van der Waals surface area contributed by atoms with Gasteiger partial charge in [-0.05, 0) is 43.4 Å². The molecule has 160 valence electrons. The molecule has 1 saturated heterocycles. The van der Waals surface area contributed by atoms with Crippen LogP contribution in [0.3, 0.4) is 0 Å². The third kappa shape index (κ3) is 5.27. The number of carbonyl (C=O) groups is 1. The molecule has 7 heteroatoms. The Morgan fingerprint density at radius 3 is 2.67 bits per heavy atom. The Hall–Kier alpha value is -1.79. The van der Waals surface area contributed by atoms with Gasteiger partial charge in [-0.3, -0.25) is 4.79 Å². The van der Waals surface area contributed by atoms with Gasteiger partial charge in [0.2, 0.25) is 0 Å². The van der Waals surface area contributed by atoms with Crippen molar-refractivity contribution in [3.63, 3.8) is 0 Å². The van der Waals surface area contributed by atoms with Crippen LogP contribution in [0.4, 0.5) is 5.82 Å². The summed E-state index contributed by atoms with van der Waals surface area (Å²) in [7, 11) is 2.11. The Kier molecular flexibility index (Phi) is 7.16. The zero-order valence-corrected chi connectivity index (χ0v) is 19.1. The molecule has 1 aromatic heterocycles. The molecule has 0 N–H and O–H groups in total. The van der Waals surface area contributed by atoms with Crippen LogP contribution < -0.4 is 4.90 Å². The van der Waals surface area contributed by atoms with Crippen molar-refractivity contribution in [2.75, 3.05) is 25.0 Å². The van der Waals surface area contributed by atoms with E-state index in [0.717, 1.165) is 42.9 Å². The smallest absolute Gasteiger partial charge is 0.253 e. The fourth-order valence-electron chi connectivity index (χ4n) is 4.33. The molecule has 1 aliphatic heterocycles. The Labute approximate surface area is 188 Å². The highest BCUT2D eigenvalue weighted by Gasteiger charge is 2.21. The zero-order chi connectivity index (χ0) is 20.9. The van der Waals surface area contributed by atoms with E-state index in [2.05, 4.69) is 16.9 Å². The van der Waals surface area contributed by atoms with Gasteiger partial charge >= 0.3 is 0 Å². The summed E-state index contributed by atoms with van der Waals surface area (Å²) in [5, 5.41) is 1.15. The fraction of sp³-hybridized carbons (Fsp3) is 0.522. The lowest BCUT2D eigenvalue weighted by Gasteiger charge is -2.32. The van der Waals surface area contributed by atoms with Crippen molar-refractivity contribution in [1.29, 1.82) is 0 Å². The van der Waals surface area contributed by atoms with E-state index >= 15 is 0 Å². The molecule has 1 aliphatic carbocycles. The quantitative estimate of drug-likeness (QED) is 0.338. The number of benzene rings is 1. The van der Waals surface area contributed by atoms with Crippen LogP contribution in [0.2, 0.25) is 5.15 Å². The van der Waals surface area contributed by atoms with Crippen molar-refractivity contribution < 1.29 is 4.79 Å². The zero-order valence-electron chi connectivity index (χ0n) is 17.5. The average Bonchev–Trinajstić information content (AvgIpc) is 3.32. The second-order valence-corrected chi connectivity index (χ2v) is 9.55. The van der Waals surface area contributed by atoms with Crippen molar-refractivity contribution in [2.45, 2.75) is 61.9 Å². The lowest BCUT2D eigenvalue weighted by Crippen LogP contribution is -2.34. The third-order valence-electron chi connectivity index (χ3n) is 6.08. The Morgan fingerprint density at radius 2 is 1.90 bits per heavy atom. The summed E-state index contributed by atoms with van der Waals surface area (Å²) in [6.07, 6.45) is 8.51. The molecule has 0 unspecified atom stereocenters. The Balaban J connectivity index is 1.43. The van der Waals surface area contributed by atoms with Gasteiger partial charge < -0.3 is 9.80 Å². The highest BCUT2D eigenvalue weighted by molar-refractivity contribution is 7.98. The number of likely N-dealkylation sites (tertiary alicyclic amines) is 1. The molecule has 4 rings (SSSR count). The monoisotopic (exact) mass is 444 g/mol. The van der Waals surface area contributed by atoms with E-state index in [1.807, 2.05) is 35.2 Å². The summed E-state index contributed by atoms with van der Waals surface area (Å²) >= 11 is 7.87. The molecular formula is C23H29ClN4OS. The number of aromatic nitrogens is 2. The van der Waals surface area contributed by atoms with Crippen LogP contribution in [0.25, 0.3) is 0 Å². The summed E-state index contributed by atoms with van der Waals surface area (Å²) in [4.78, 5) is 26.0. The van der Waals surface area contributed by atoms with Gasteiger partial charge in [-0.2, -0.15) is 0 Å². The first-order chi connectivity index (χ1) is 14.6. The van der Waals surface area contributed by atoms with Crippen LogP contribution in [-0.4, -0.2) is 47.0 Å². The van der Waals surface area contributed by atoms with Crippen LogP contribution in [0.5, 0.6) is 0 Å². The number of anilines is 1. The highest BCUT2D eigenvalue weighted by Crippen LogP contribution is 2.29. The number of carbonyl (C=O) groups excluding carboxylic acids is 1. The number of rotatable bonds is 6. The number of hydrogen-bond donors (Lipinski definition) is 0. The van der Waals surface area contributed by atoms with E-state index in [4.69, 9.17) is 16.6 Å². The van der Waals surface area contributed by atoms with E-state index in [-0.39, 0.29) is 5.91 Å². The second-order valence-electron chi connectivity index (χ2n) is 8.22. The molecule has 1 saturated carbocycles. The molecule has 2 aliphatic rings. The molecule has 2 aromatic rings. The van der Waals surface area contributed by atoms with Gasteiger partial charge in [0.15, 0.2) is 5.16 Å². The largest absolute Gasteiger partial charge is 0.357 e. The standard InChI is InChI=1S/C23H29ClN4OS/c1-27(19-10-3-2-4-11-19)21-15-20(24)25-23(26-21)30-16-17-8-7-9-18(14-17)22(29)28-12-5-6-13-28/h7-9,14-15,19H,2-6,10-13,16H2,1H3. The maximum absolute atomic E-state index is 12.7. The Bertz CT molecular complexity index is 881. The van der Waals surface area contributed by atoms with Crippen molar-refractivity contribution in [2.24, 2.45) is 0 Å². The van der Waals surface area contributed by atoms with Gasteiger partial charge in [0.1, 0.15) is 11.0 Å². The summed E-state index contributed by atoms with van der Waals surface area (Å²) in [5.41, 5.74) is 1.86. The highest BCUT2D eigenvalue weighted by atomic mass is 35.5. The maximum atomic E-state index is 12.7. The van der Waals surface area contributed by atoms with Crippen molar-refractivity contribution in [1.82, 2.24) is 14.9 Å². The Morgan fingerprint density at radius 1 is 1.13 bits per heavy atom. The molecule has 1 amide bonds. The van der Waals surface area contributed by atoms with Gasteiger partial charge in [0.25, 0.3) is 5.91 Å².